The Morgan fingerprint density at radius 1 is 1.12 bits per heavy atom. The SMILES string of the molecule is Cc1ccc(Cc2nc3ccncc3[nH]2)cc1. The smallest absolute Gasteiger partial charge is 0.111 e. The van der Waals surface area contributed by atoms with Crippen LogP contribution in [0.5, 0.6) is 0 Å². The molecule has 2 heterocycles. The number of H-pyrrole nitrogens is 1. The number of nitrogens with zero attached hydrogens (tertiary/aromatic N) is 2. The van der Waals surface area contributed by atoms with Crippen LogP contribution < -0.4 is 0 Å². The molecule has 3 heteroatoms. The van der Waals surface area contributed by atoms with Crippen LogP contribution in [0.4, 0.5) is 0 Å². The second kappa shape index (κ2) is 4.01. The van der Waals surface area contributed by atoms with Crippen molar-refractivity contribution in [1.29, 1.82) is 0 Å². The summed E-state index contributed by atoms with van der Waals surface area (Å²) >= 11 is 0. The molecule has 0 aliphatic heterocycles. The predicted molar refractivity (Wildman–Crippen MR) is 67.9 cm³/mol. The Morgan fingerprint density at radius 2 is 1.94 bits per heavy atom. The average molecular weight is 223 g/mol. The minimum absolute atomic E-state index is 0.828. The first kappa shape index (κ1) is 10.0. The number of benzene rings is 1. The van der Waals surface area contributed by atoms with Crippen molar-refractivity contribution in [3.05, 3.63) is 59.7 Å². The van der Waals surface area contributed by atoms with E-state index in [-0.39, 0.29) is 0 Å². The summed E-state index contributed by atoms with van der Waals surface area (Å²) < 4.78 is 0. The zero-order chi connectivity index (χ0) is 11.7. The van der Waals surface area contributed by atoms with Crippen LogP contribution in [0.25, 0.3) is 11.0 Å². The van der Waals surface area contributed by atoms with Gasteiger partial charge in [-0.05, 0) is 18.6 Å². The van der Waals surface area contributed by atoms with Gasteiger partial charge < -0.3 is 4.98 Å². The zero-order valence-electron chi connectivity index (χ0n) is 9.64. The molecule has 0 atom stereocenters. The van der Waals surface area contributed by atoms with E-state index in [4.69, 9.17) is 0 Å². The summed E-state index contributed by atoms with van der Waals surface area (Å²) in [6, 6.07) is 10.4. The second-order valence-electron chi connectivity index (χ2n) is 4.24. The first-order chi connectivity index (χ1) is 8.31. The number of aryl methyl sites for hydroxylation is 1. The number of rotatable bonds is 2. The van der Waals surface area contributed by atoms with Crippen molar-refractivity contribution in [3.63, 3.8) is 0 Å². The van der Waals surface area contributed by atoms with Crippen molar-refractivity contribution in [2.75, 3.05) is 0 Å². The first-order valence-electron chi connectivity index (χ1n) is 5.65. The number of imidazole rings is 1. The highest BCUT2D eigenvalue weighted by molar-refractivity contribution is 5.73. The largest absolute Gasteiger partial charge is 0.340 e. The topological polar surface area (TPSA) is 41.6 Å². The van der Waals surface area contributed by atoms with Crippen molar-refractivity contribution in [1.82, 2.24) is 15.0 Å². The van der Waals surface area contributed by atoms with Gasteiger partial charge in [-0.3, -0.25) is 4.98 Å². The normalized spacial score (nSPS) is 10.9. The summed E-state index contributed by atoms with van der Waals surface area (Å²) in [5.74, 6) is 0.983. The lowest BCUT2D eigenvalue weighted by molar-refractivity contribution is 1.04. The number of aromatic nitrogens is 3. The first-order valence-corrected chi connectivity index (χ1v) is 5.65. The fourth-order valence-electron chi connectivity index (χ4n) is 1.89. The van der Waals surface area contributed by atoms with Gasteiger partial charge in [-0.25, -0.2) is 4.98 Å². The molecule has 0 radical (unpaired) electrons. The maximum Gasteiger partial charge on any atom is 0.111 e. The average Bonchev–Trinajstić information content (AvgIpc) is 2.74. The molecule has 0 fully saturated rings. The van der Waals surface area contributed by atoms with Gasteiger partial charge in [-0.15, -0.1) is 0 Å². The quantitative estimate of drug-likeness (QED) is 0.725. The predicted octanol–water partition coefficient (Wildman–Crippen LogP) is 2.86. The summed E-state index contributed by atoms with van der Waals surface area (Å²) in [6.07, 6.45) is 4.40. The van der Waals surface area contributed by atoms with Gasteiger partial charge in [0.15, 0.2) is 0 Å². The fraction of sp³-hybridized carbons (Fsp3) is 0.143. The molecule has 2 aromatic heterocycles. The van der Waals surface area contributed by atoms with Crippen LogP contribution in [0, 0.1) is 6.92 Å². The Labute approximate surface area is 99.5 Å². The highest BCUT2D eigenvalue weighted by Gasteiger charge is 2.03. The lowest BCUT2D eigenvalue weighted by Crippen LogP contribution is -1.90. The molecule has 0 amide bonds. The van der Waals surface area contributed by atoms with Crippen LogP contribution in [0.3, 0.4) is 0 Å². The Morgan fingerprint density at radius 3 is 2.71 bits per heavy atom. The maximum atomic E-state index is 4.53. The zero-order valence-corrected chi connectivity index (χ0v) is 9.64. The number of fused-ring (bicyclic) bond motifs is 1. The Hall–Kier alpha value is -2.16. The number of hydrogen-bond donors (Lipinski definition) is 1. The van der Waals surface area contributed by atoms with Crippen LogP contribution in [-0.4, -0.2) is 15.0 Å². The van der Waals surface area contributed by atoms with E-state index in [1.807, 2.05) is 6.07 Å². The highest BCUT2D eigenvalue weighted by atomic mass is 14.9. The minimum Gasteiger partial charge on any atom is -0.340 e. The van der Waals surface area contributed by atoms with Crippen molar-refractivity contribution in [3.8, 4) is 0 Å². The van der Waals surface area contributed by atoms with Gasteiger partial charge in [0.2, 0.25) is 0 Å². The molecule has 3 aromatic rings. The Balaban J connectivity index is 1.92. The molecule has 0 unspecified atom stereocenters. The van der Waals surface area contributed by atoms with Gasteiger partial charge in [-0.1, -0.05) is 29.8 Å². The van der Waals surface area contributed by atoms with Crippen molar-refractivity contribution in [2.24, 2.45) is 0 Å². The minimum atomic E-state index is 0.828. The molecule has 0 aliphatic rings. The van der Waals surface area contributed by atoms with Crippen molar-refractivity contribution >= 4 is 11.0 Å². The molecule has 0 saturated carbocycles. The Kier molecular flexibility index (Phi) is 2.37. The summed E-state index contributed by atoms with van der Waals surface area (Å²) in [4.78, 5) is 11.9. The van der Waals surface area contributed by atoms with Crippen LogP contribution in [0.1, 0.15) is 17.0 Å². The number of pyridine rings is 1. The van der Waals surface area contributed by atoms with Crippen molar-refractivity contribution in [2.45, 2.75) is 13.3 Å². The molecule has 1 N–H and O–H groups in total. The molecule has 0 saturated heterocycles. The van der Waals surface area contributed by atoms with E-state index in [1.54, 1.807) is 12.4 Å². The monoisotopic (exact) mass is 223 g/mol. The Bertz CT molecular complexity index is 605. The van der Waals surface area contributed by atoms with Crippen LogP contribution in [0.15, 0.2) is 42.7 Å². The molecule has 3 nitrogen and oxygen atoms in total. The van der Waals surface area contributed by atoms with E-state index in [9.17, 15) is 0 Å². The van der Waals surface area contributed by atoms with E-state index < -0.39 is 0 Å². The van der Waals surface area contributed by atoms with E-state index in [0.29, 0.717) is 0 Å². The third kappa shape index (κ3) is 2.04. The fourth-order valence-corrected chi connectivity index (χ4v) is 1.89. The van der Waals surface area contributed by atoms with Crippen LogP contribution in [0.2, 0.25) is 0 Å². The molecular weight excluding hydrogens is 210 g/mol. The van der Waals surface area contributed by atoms with E-state index in [1.165, 1.54) is 11.1 Å². The standard InChI is InChI=1S/C14H13N3/c1-10-2-4-11(5-3-10)8-14-16-12-6-7-15-9-13(12)17-14/h2-7,9H,8H2,1H3,(H,16,17). The number of hydrogen-bond acceptors (Lipinski definition) is 2. The highest BCUT2D eigenvalue weighted by Crippen LogP contribution is 2.12. The summed E-state index contributed by atoms with van der Waals surface area (Å²) in [5, 5.41) is 0. The van der Waals surface area contributed by atoms with Gasteiger partial charge in [0, 0.05) is 12.6 Å². The van der Waals surface area contributed by atoms with Gasteiger partial charge in [0.25, 0.3) is 0 Å². The van der Waals surface area contributed by atoms with Crippen molar-refractivity contribution < 1.29 is 0 Å². The van der Waals surface area contributed by atoms with Gasteiger partial charge in [-0.2, -0.15) is 0 Å². The third-order valence-electron chi connectivity index (χ3n) is 2.82. The van der Waals surface area contributed by atoms with Gasteiger partial charge in [0.05, 0.1) is 17.2 Å². The van der Waals surface area contributed by atoms with E-state index in [0.717, 1.165) is 23.3 Å². The number of nitrogens with one attached hydrogen (secondary N) is 1. The molecule has 1 aromatic carbocycles. The summed E-state index contributed by atoms with van der Waals surface area (Å²) in [6.45, 7) is 2.09. The molecule has 0 spiro atoms. The van der Waals surface area contributed by atoms with E-state index in [2.05, 4.69) is 46.1 Å². The molecule has 0 bridgehead atoms. The van der Waals surface area contributed by atoms with E-state index >= 15 is 0 Å². The summed E-state index contributed by atoms with van der Waals surface area (Å²) in [7, 11) is 0. The van der Waals surface area contributed by atoms with Crippen LogP contribution >= 0.6 is 0 Å². The molecule has 84 valence electrons. The summed E-state index contributed by atoms with van der Waals surface area (Å²) in [5.41, 5.74) is 4.52. The lowest BCUT2D eigenvalue weighted by Gasteiger charge is -1.98. The molecule has 3 rings (SSSR count). The third-order valence-corrected chi connectivity index (χ3v) is 2.82. The van der Waals surface area contributed by atoms with Gasteiger partial charge >= 0.3 is 0 Å². The number of aromatic amines is 1. The lowest BCUT2D eigenvalue weighted by atomic mass is 10.1. The molecule has 0 aliphatic carbocycles. The maximum absolute atomic E-state index is 4.53. The molecule has 17 heavy (non-hydrogen) atoms. The molecular formula is C14H13N3. The van der Waals surface area contributed by atoms with Crippen LogP contribution in [-0.2, 0) is 6.42 Å². The second-order valence-corrected chi connectivity index (χ2v) is 4.24. The van der Waals surface area contributed by atoms with Gasteiger partial charge in [0.1, 0.15) is 5.82 Å².